The number of nitrogens with zero attached hydrogens (tertiary/aromatic N) is 3. The fraction of sp³-hybridized carbons (Fsp3) is 0.100. The Balaban J connectivity index is 1.50. The molecule has 2 heterocycles. The van der Waals surface area contributed by atoms with Crippen molar-refractivity contribution in [3.8, 4) is 11.3 Å². The molecule has 3 aromatic rings. The van der Waals surface area contributed by atoms with Gasteiger partial charge in [0, 0.05) is 10.6 Å². The number of hydrogen-bond acceptors (Lipinski definition) is 5. The fourth-order valence-electron chi connectivity index (χ4n) is 2.86. The minimum atomic E-state index is -0.896. The molecule has 4 amide bonds. The summed E-state index contributed by atoms with van der Waals surface area (Å²) in [4.78, 5) is 42.9. The van der Waals surface area contributed by atoms with Crippen molar-refractivity contribution in [2.24, 2.45) is 0 Å². The Morgan fingerprint density at radius 3 is 2.18 bits per heavy atom. The lowest BCUT2D eigenvalue weighted by Gasteiger charge is -2.14. The van der Waals surface area contributed by atoms with Gasteiger partial charge in [0.25, 0.3) is 0 Å². The lowest BCUT2D eigenvalue weighted by atomic mass is 10.2. The van der Waals surface area contributed by atoms with E-state index in [0.717, 1.165) is 20.9 Å². The molecule has 0 N–H and O–H groups in total. The highest BCUT2D eigenvalue weighted by molar-refractivity contribution is 6.44. The van der Waals surface area contributed by atoms with Gasteiger partial charge in [0.15, 0.2) is 5.76 Å². The van der Waals surface area contributed by atoms with Crippen LogP contribution >= 0.6 is 11.6 Å². The molecule has 4 rings (SSSR count). The van der Waals surface area contributed by atoms with Crippen LogP contribution in [0.2, 0.25) is 5.02 Å². The summed E-state index contributed by atoms with van der Waals surface area (Å²) in [6.07, 6.45) is 1.49. The second-order valence-electron chi connectivity index (χ2n) is 6.18. The van der Waals surface area contributed by atoms with Gasteiger partial charge in [0.1, 0.15) is 6.54 Å². The molecule has 0 unspecified atom stereocenters. The van der Waals surface area contributed by atoms with Gasteiger partial charge in [0.05, 0.1) is 12.7 Å². The average Bonchev–Trinajstić information content (AvgIpc) is 3.25. The van der Waals surface area contributed by atoms with Gasteiger partial charge in [-0.15, -0.1) is 0 Å². The Labute approximate surface area is 165 Å². The number of oxazole rings is 1. The van der Waals surface area contributed by atoms with Crippen molar-refractivity contribution in [3.05, 3.63) is 77.3 Å². The number of imide groups is 2. The Morgan fingerprint density at radius 1 is 0.857 bits per heavy atom. The smallest absolute Gasteiger partial charge is 0.335 e. The van der Waals surface area contributed by atoms with E-state index in [2.05, 4.69) is 4.98 Å². The summed E-state index contributed by atoms with van der Waals surface area (Å²) in [5.41, 5.74) is 1.50. The number of carbonyl (C=O) groups is 3. The molecule has 8 heteroatoms. The van der Waals surface area contributed by atoms with Gasteiger partial charge in [-0.3, -0.25) is 14.5 Å². The first-order chi connectivity index (χ1) is 13.5. The van der Waals surface area contributed by atoms with Crippen molar-refractivity contribution in [1.82, 2.24) is 14.8 Å². The van der Waals surface area contributed by atoms with Crippen LogP contribution in [0.25, 0.3) is 11.3 Å². The monoisotopic (exact) mass is 395 g/mol. The molecule has 0 radical (unpaired) electrons. The van der Waals surface area contributed by atoms with E-state index in [0.29, 0.717) is 10.8 Å². The fourth-order valence-corrected chi connectivity index (χ4v) is 2.99. The van der Waals surface area contributed by atoms with E-state index < -0.39 is 17.8 Å². The zero-order valence-corrected chi connectivity index (χ0v) is 15.3. The van der Waals surface area contributed by atoms with Gasteiger partial charge in [0.2, 0.25) is 5.89 Å². The molecule has 0 spiro atoms. The molecule has 1 fully saturated rings. The van der Waals surface area contributed by atoms with E-state index in [1.165, 1.54) is 6.20 Å². The van der Waals surface area contributed by atoms with E-state index in [4.69, 9.17) is 16.0 Å². The first-order valence-corrected chi connectivity index (χ1v) is 8.82. The highest BCUT2D eigenvalue weighted by Gasteiger charge is 2.44. The number of benzene rings is 2. The highest BCUT2D eigenvalue weighted by atomic mass is 35.5. The molecule has 1 aliphatic rings. The highest BCUT2D eigenvalue weighted by Crippen LogP contribution is 2.24. The lowest BCUT2D eigenvalue weighted by Crippen LogP contribution is -2.32. The van der Waals surface area contributed by atoms with E-state index in [1.54, 1.807) is 48.5 Å². The number of carbonyl (C=O) groups excluding carboxylic acids is 3. The van der Waals surface area contributed by atoms with Crippen molar-refractivity contribution in [3.63, 3.8) is 0 Å². The summed E-state index contributed by atoms with van der Waals surface area (Å²) in [7, 11) is 0. The van der Waals surface area contributed by atoms with Gasteiger partial charge in [-0.05, 0) is 29.8 Å². The molecule has 0 saturated carbocycles. The topological polar surface area (TPSA) is 83.7 Å². The van der Waals surface area contributed by atoms with Gasteiger partial charge in [-0.1, -0.05) is 41.9 Å². The quantitative estimate of drug-likeness (QED) is 0.487. The van der Waals surface area contributed by atoms with Gasteiger partial charge in [-0.2, -0.15) is 0 Å². The Hall–Kier alpha value is -3.45. The third-order valence-corrected chi connectivity index (χ3v) is 4.55. The third kappa shape index (κ3) is 3.39. The number of amides is 4. The summed E-state index contributed by atoms with van der Waals surface area (Å²) in [5, 5.41) is 0.591. The maximum absolute atomic E-state index is 12.6. The summed E-state index contributed by atoms with van der Waals surface area (Å²) in [6.45, 7) is -0.190. The van der Waals surface area contributed by atoms with Gasteiger partial charge < -0.3 is 4.42 Å². The minimum Gasteiger partial charge on any atom is -0.439 e. The van der Waals surface area contributed by atoms with Crippen LogP contribution in [0.3, 0.4) is 0 Å². The SMILES string of the molecule is O=C1C(=O)N(Cc2ncc(-c3ccc(Cl)cc3)o2)C(=O)N1Cc1ccccc1. The number of rotatable bonds is 5. The zero-order chi connectivity index (χ0) is 19.7. The maximum atomic E-state index is 12.6. The molecule has 0 bridgehead atoms. The molecule has 1 saturated heterocycles. The first kappa shape index (κ1) is 17.9. The van der Waals surface area contributed by atoms with Crippen molar-refractivity contribution in [2.45, 2.75) is 13.1 Å². The average molecular weight is 396 g/mol. The predicted molar refractivity (Wildman–Crippen MR) is 99.9 cm³/mol. The molecule has 0 atom stereocenters. The molecule has 0 aliphatic carbocycles. The number of aromatic nitrogens is 1. The Bertz CT molecular complexity index is 1050. The molecule has 28 heavy (non-hydrogen) atoms. The lowest BCUT2D eigenvalue weighted by molar-refractivity contribution is -0.143. The molecule has 1 aromatic heterocycles. The van der Waals surface area contributed by atoms with E-state index >= 15 is 0 Å². The third-order valence-electron chi connectivity index (χ3n) is 4.29. The van der Waals surface area contributed by atoms with Crippen LogP contribution in [0.4, 0.5) is 4.79 Å². The summed E-state index contributed by atoms with van der Waals surface area (Å²) < 4.78 is 5.63. The second-order valence-corrected chi connectivity index (χ2v) is 6.61. The number of hydrogen-bond donors (Lipinski definition) is 0. The molecule has 2 aromatic carbocycles. The minimum absolute atomic E-state index is 0.0301. The summed E-state index contributed by atoms with van der Waals surface area (Å²) >= 11 is 5.87. The molecule has 1 aliphatic heterocycles. The van der Waals surface area contributed by atoms with Crippen molar-refractivity contribution >= 4 is 29.4 Å². The first-order valence-electron chi connectivity index (χ1n) is 8.45. The molecule has 140 valence electrons. The summed E-state index contributed by atoms with van der Waals surface area (Å²) in [6, 6.07) is 15.3. The van der Waals surface area contributed by atoms with Crippen LogP contribution < -0.4 is 0 Å². The Morgan fingerprint density at radius 2 is 1.50 bits per heavy atom. The van der Waals surface area contributed by atoms with E-state index in [-0.39, 0.29) is 19.0 Å². The number of halogens is 1. The van der Waals surface area contributed by atoms with Crippen molar-refractivity contribution < 1.29 is 18.8 Å². The van der Waals surface area contributed by atoms with Crippen LogP contribution in [-0.4, -0.2) is 32.6 Å². The van der Waals surface area contributed by atoms with Crippen LogP contribution in [-0.2, 0) is 22.7 Å². The van der Waals surface area contributed by atoms with Crippen molar-refractivity contribution in [2.75, 3.05) is 0 Å². The van der Waals surface area contributed by atoms with E-state index in [1.807, 2.05) is 6.07 Å². The Kier molecular flexibility index (Phi) is 4.67. The van der Waals surface area contributed by atoms with Gasteiger partial charge in [-0.25, -0.2) is 14.7 Å². The van der Waals surface area contributed by atoms with Crippen LogP contribution in [0, 0.1) is 0 Å². The van der Waals surface area contributed by atoms with Crippen LogP contribution in [0.1, 0.15) is 11.5 Å². The second kappa shape index (κ2) is 7.28. The zero-order valence-electron chi connectivity index (χ0n) is 14.5. The van der Waals surface area contributed by atoms with Gasteiger partial charge >= 0.3 is 17.8 Å². The standard InChI is InChI=1S/C20H14ClN3O4/c21-15-8-6-14(7-9-15)16-10-22-17(28-16)12-24-19(26)18(25)23(20(24)27)11-13-4-2-1-3-5-13/h1-10H,11-12H2. The molecular weight excluding hydrogens is 382 g/mol. The normalized spacial score (nSPS) is 14.2. The largest absolute Gasteiger partial charge is 0.439 e. The van der Waals surface area contributed by atoms with Crippen LogP contribution in [0.15, 0.2) is 65.2 Å². The molecular formula is C20H14ClN3O4. The predicted octanol–water partition coefficient (Wildman–Crippen LogP) is 3.49. The molecule has 7 nitrogen and oxygen atoms in total. The number of urea groups is 1. The summed E-state index contributed by atoms with van der Waals surface area (Å²) in [5.74, 6) is -1.13. The van der Waals surface area contributed by atoms with Crippen LogP contribution in [0.5, 0.6) is 0 Å². The van der Waals surface area contributed by atoms with E-state index in [9.17, 15) is 14.4 Å². The maximum Gasteiger partial charge on any atom is 0.335 e. The van der Waals surface area contributed by atoms with Crippen molar-refractivity contribution in [1.29, 1.82) is 0 Å².